The molecule has 3 rings (SSSR count). The molecule has 28 heavy (non-hydrogen) atoms. The van der Waals surface area contributed by atoms with E-state index in [-0.39, 0.29) is 0 Å². The SMILES string of the molecule is C=CC=C.CN1CCC2=C(C1)SC(Cl)C2.CN=C/C(=C(/C)N)c1ccccc1. The Morgan fingerprint density at radius 3 is 2.46 bits per heavy atom. The third kappa shape index (κ3) is 8.51. The minimum Gasteiger partial charge on any atom is -0.402 e. The second kappa shape index (κ2) is 13.4. The Balaban J connectivity index is 0.000000238. The van der Waals surface area contributed by atoms with Crippen LogP contribution in [0.2, 0.25) is 0 Å². The predicted octanol–water partition coefficient (Wildman–Crippen LogP) is 5.71. The largest absolute Gasteiger partial charge is 0.402 e. The average molecular weight is 418 g/mol. The van der Waals surface area contributed by atoms with Gasteiger partial charge in [0.15, 0.2) is 0 Å². The molecule has 0 radical (unpaired) electrons. The van der Waals surface area contributed by atoms with Crippen LogP contribution in [0.1, 0.15) is 25.3 Å². The van der Waals surface area contributed by atoms with Crippen molar-refractivity contribution < 1.29 is 0 Å². The molecule has 0 saturated carbocycles. The summed E-state index contributed by atoms with van der Waals surface area (Å²) in [6, 6.07) is 10.0. The smallest absolute Gasteiger partial charge is 0.0870 e. The number of halogens is 1. The maximum absolute atomic E-state index is 6.04. The van der Waals surface area contributed by atoms with Crippen LogP contribution < -0.4 is 5.73 Å². The minimum absolute atomic E-state index is 0.325. The van der Waals surface area contributed by atoms with Gasteiger partial charge in [-0.15, -0.1) is 23.4 Å². The summed E-state index contributed by atoms with van der Waals surface area (Å²) in [5.74, 6) is 0. The molecule has 152 valence electrons. The zero-order chi connectivity index (χ0) is 20.9. The number of likely N-dealkylation sites (N-methyl/N-ethyl adjacent to an activating group) is 1. The first-order valence-electron chi connectivity index (χ1n) is 9.30. The molecule has 0 bridgehead atoms. The van der Waals surface area contributed by atoms with Crippen molar-refractivity contribution in [1.29, 1.82) is 0 Å². The fourth-order valence-corrected chi connectivity index (χ4v) is 4.53. The van der Waals surface area contributed by atoms with E-state index in [0.29, 0.717) is 4.71 Å². The molecule has 1 atom stereocenters. The molecule has 1 aromatic carbocycles. The lowest BCUT2D eigenvalue weighted by atomic mass is 10.1. The van der Waals surface area contributed by atoms with Crippen molar-refractivity contribution in [2.75, 3.05) is 27.2 Å². The van der Waals surface area contributed by atoms with E-state index in [2.05, 4.69) is 30.1 Å². The molecule has 1 unspecified atom stereocenters. The molecule has 0 saturated heterocycles. The Kier molecular flexibility index (Phi) is 11.7. The van der Waals surface area contributed by atoms with Crippen LogP contribution in [-0.4, -0.2) is 43.0 Å². The van der Waals surface area contributed by atoms with Crippen molar-refractivity contribution in [3.63, 3.8) is 0 Å². The van der Waals surface area contributed by atoms with Crippen molar-refractivity contribution in [3.8, 4) is 0 Å². The minimum atomic E-state index is 0.325. The highest BCUT2D eigenvalue weighted by molar-refractivity contribution is 8.05. The van der Waals surface area contributed by atoms with Crippen LogP contribution >= 0.6 is 23.4 Å². The van der Waals surface area contributed by atoms with Crippen molar-refractivity contribution >= 4 is 35.2 Å². The summed E-state index contributed by atoms with van der Waals surface area (Å²) in [6.07, 6.45) is 7.42. The van der Waals surface area contributed by atoms with Crippen LogP contribution in [-0.2, 0) is 0 Å². The van der Waals surface area contributed by atoms with Crippen molar-refractivity contribution in [2.24, 2.45) is 10.7 Å². The van der Waals surface area contributed by atoms with E-state index in [0.717, 1.165) is 29.8 Å². The van der Waals surface area contributed by atoms with E-state index in [1.165, 1.54) is 13.0 Å². The molecular weight excluding hydrogens is 386 g/mol. The number of allylic oxidation sites excluding steroid dienone is 4. The summed E-state index contributed by atoms with van der Waals surface area (Å²) in [5, 5.41) is 0. The Morgan fingerprint density at radius 1 is 1.29 bits per heavy atom. The van der Waals surface area contributed by atoms with Crippen LogP contribution in [0.5, 0.6) is 0 Å². The number of nitrogens with zero attached hydrogens (tertiary/aromatic N) is 2. The van der Waals surface area contributed by atoms with Gasteiger partial charge in [-0.05, 0) is 37.3 Å². The van der Waals surface area contributed by atoms with E-state index in [1.807, 2.05) is 49.0 Å². The first-order valence-corrected chi connectivity index (χ1v) is 10.6. The van der Waals surface area contributed by atoms with Crippen LogP contribution in [0.3, 0.4) is 0 Å². The lowest BCUT2D eigenvalue weighted by Gasteiger charge is -2.23. The van der Waals surface area contributed by atoms with Crippen molar-refractivity contribution in [1.82, 2.24) is 4.90 Å². The van der Waals surface area contributed by atoms with Gasteiger partial charge >= 0.3 is 0 Å². The van der Waals surface area contributed by atoms with E-state index < -0.39 is 0 Å². The van der Waals surface area contributed by atoms with Gasteiger partial charge in [-0.3, -0.25) is 4.99 Å². The summed E-state index contributed by atoms with van der Waals surface area (Å²) in [5.41, 5.74) is 10.2. The van der Waals surface area contributed by atoms with Gasteiger partial charge in [-0.2, -0.15) is 0 Å². The molecule has 2 N–H and O–H groups in total. The molecule has 0 amide bonds. The molecule has 0 spiro atoms. The first kappa shape index (κ1) is 24.3. The average Bonchev–Trinajstić information content (AvgIpc) is 3.06. The lowest BCUT2D eigenvalue weighted by molar-refractivity contribution is 0.355. The van der Waals surface area contributed by atoms with E-state index >= 15 is 0 Å². The second-order valence-corrected chi connectivity index (χ2v) is 8.65. The Hall–Kier alpha value is -1.75. The predicted molar refractivity (Wildman–Crippen MR) is 129 cm³/mol. The zero-order valence-corrected chi connectivity index (χ0v) is 18.8. The zero-order valence-electron chi connectivity index (χ0n) is 17.2. The van der Waals surface area contributed by atoms with Gasteiger partial charge in [0.25, 0.3) is 0 Å². The summed E-state index contributed by atoms with van der Waals surface area (Å²) < 4.78 is 0.325. The second-order valence-electron chi connectivity index (χ2n) is 6.57. The normalized spacial score (nSPS) is 19.6. The molecule has 2 heterocycles. The molecular formula is C23H32ClN3S. The number of rotatable bonds is 3. The van der Waals surface area contributed by atoms with E-state index in [4.69, 9.17) is 17.3 Å². The van der Waals surface area contributed by atoms with Gasteiger partial charge in [0.1, 0.15) is 0 Å². The van der Waals surface area contributed by atoms with Gasteiger partial charge in [-0.25, -0.2) is 0 Å². The van der Waals surface area contributed by atoms with Gasteiger partial charge in [-0.1, -0.05) is 61.2 Å². The molecule has 0 aromatic heterocycles. The number of benzene rings is 1. The highest BCUT2D eigenvalue weighted by Gasteiger charge is 2.26. The third-order valence-electron chi connectivity index (χ3n) is 4.21. The fraction of sp³-hybridized carbons (Fsp3) is 0.348. The number of aliphatic imine (C=N–C) groups is 1. The third-order valence-corrected chi connectivity index (χ3v) is 5.76. The van der Waals surface area contributed by atoms with Crippen LogP contribution in [0.15, 0.2) is 76.8 Å². The maximum Gasteiger partial charge on any atom is 0.0870 e. The first-order chi connectivity index (χ1) is 13.4. The van der Waals surface area contributed by atoms with E-state index in [9.17, 15) is 0 Å². The van der Waals surface area contributed by atoms with Crippen LogP contribution in [0, 0.1) is 0 Å². The summed E-state index contributed by atoms with van der Waals surface area (Å²) in [7, 11) is 3.91. The maximum atomic E-state index is 6.04. The van der Waals surface area contributed by atoms with Crippen molar-refractivity contribution in [3.05, 3.63) is 77.4 Å². The lowest BCUT2D eigenvalue weighted by Crippen LogP contribution is -2.25. The highest BCUT2D eigenvalue weighted by atomic mass is 35.5. The highest BCUT2D eigenvalue weighted by Crippen LogP contribution is 2.43. The molecule has 0 aliphatic carbocycles. The molecule has 1 aromatic rings. The monoisotopic (exact) mass is 417 g/mol. The Morgan fingerprint density at radius 2 is 1.93 bits per heavy atom. The number of nitrogens with two attached hydrogens (primary N) is 1. The van der Waals surface area contributed by atoms with Crippen LogP contribution in [0.4, 0.5) is 0 Å². The fourth-order valence-electron chi connectivity index (χ4n) is 2.78. The summed E-state index contributed by atoms with van der Waals surface area (Å²) >= 11 is 7.89. The Bertz CT molecular complexity index is 713. The van der Waals surface area contributed by atoms with Gasteiger partial charge < -0.3 is 10.6 Å². The number of alkyl halides is 1. The number of hydrogen-bond acceptors (Lipinski definition) is 4. The summed E-state index contributed by atoms with van der Waals surface area (Å²) in [6.45, 7) is 10.9. The molecule has 3 nitrogen and oxygen atoms in total. The standard InChI is InChI=1S/C11H14N2.C8H12ClNS.C4H6/c1-9(12)11(8-13-2)10-6-4-3-5-7-10;1-10-3-2-6-4-8(9)11-7(6)5-10;1-3-4-2/h3-8H,12H2,1-2H3;8H,2-5H2,1H3;3-4H,1-2H2/b11-9+,13-8?;;. The molecule has 5 heteroatoms. The van der Waals surface area contributed by atoms with Crippen LogP contribution in [0.25, 0.3) is 5.57 Å². The Labute approximate surface area is 179 Å². The van der Waals surface area contributed by atoms with Gasteiger partial charge in [0, 0.05) is 37.6 Å². The molecule has 2 aliphatic heterocycles. The molecule has 2 aliphatic rings. The quantitative estimate of drug-likeness (QED) is 0.389. The van der Waals surface area contributed by atoms with E-state index in [1.54, 1.807) is 35.9 Å². The number of thioether (sulfide) groups is 1. The van der Waals surface area contributed by atoms with Gasteiger partial charge in [0.2, 0.25) is 0 Å². The molecule has 0 fully saturated rings. The topological polar surface area (TPSA) is 41.6 Å². The van der Waals surface area contributed by atoms with Crippen molar-refractivity contribution in [2.45, 2.75) is 24.5 Å². The van der Waals surface area contributed by atoms with Gasteiger partial charge in [0.05, 0.1) is 4.71 Å². The number of hydrogen-bond donors (Lipinski definition) is 1. The summed E-state index contributed by atoms with van der Waals surface area (Å²) in [4.78, 5) is 7.87.